The van der Waals surface area contributed by atoms with Crippen molar-refractivity contribution in [2.45, 2.75) is 18.8 Å². The summed E-state index contributed by atoms with van der Waals surface area (Å²) >= 11 is 3.32. The number of likely N-dealkylation sites (tertiary alicyclic amines) is 1. The van der Waals surface area contributed by atoms with Gasteiger partial charge in [-0.15, -0.1) is 0 Å². The summed E-state index contributed by atoms with van der Waals surface area (Å²) in [6.07, 6.45) is 3.36. The van der Waals surface area contributed by atoms with Gasteiger partial charge in [0.1, 0.15) is 5.69 Å². The van der Waals surface area contributed by atoms with E-state index in [1.165, 1.54) is 4.90 Å². The fraction of sp³-hybridized carbons (Fsp3) is 0.357. The van der Waals surface area contributed by atoms with Gasteiger partial charge in [-0.05, 0) is 34.5 Å². The summed E-state index contributed by atoms with van der Waals surface area (Å²) in [4.78, 5) is 21.8. The van der Waals surface area contributed by atoms with Crippen LogP contribution >= 0.6 is 15.9 Å². The zero-order valence-electron chi connectivity index (χ0n) is 11.0. The molecule has 3 heterocycles. The highest BCUT2D eigenvalue weighted by atomic mass is 79.9. The minimum atomic E-state index is -2.81. The Kier molecular flexibility index (Phi) is 3.61. The van der Waals surface area contributed by atoms with Crippen molar-refractivity contribution in [1.82, 2.24) is 14.9 Å². The number of alkyl halides is 2. The van der Waals surface area contributed by atoms with Crippen LogP contribution in [0.1, 0.15) is 23.3 Å². The average molecular weight is 356 g/mol. The van der Waals surface area contributed by atoms with Crippen molar-refractivity contribution in [2.75, 3.05) is 13.1 Å². The zero-order chi connectivity index (χ0) is 15.0. The van der Waals surface area contributed by atoms with Gasteiger partial charge in [0.05, 0.1) is 16.5 Å². The van der Waals surface area contributed by atoms with Gasteiger partial charge in [-0.1, -0.05) is 0 Å². The third-order valence-corrected chi connectivity index (χ3v) is 4.03. The number of carbonyl (C=O) groups excluding carboxylic acids is 1. The molecule has 2 aromatic heterocycles. The van der Waals surface area contributed by atoms with Gasteiger partial charge in [-0.25, -0.2) is 13.8 Å². The van der Waals surface area contributed by atoms with Crippen LogP contribution in [0.2, 0.25) is 0 Å². The van der Waals surface area contributed by atoms with Gasteiger partial charge in [0.15, 0.2) is 0 Å². The van der Waals surface area contributed by atoms with Gasteiger partial charge in [0, 0.05) is 30.7 Å². The Labute approximate surface area is 128 Å². The Morgan fingerprint density at radius 3 is 2.90 bits per heavy atom. The number of rotatable bonds is 1. The molecule has 0 spiro atoms. The molecule has 1 aliphatic rings. The van der Waals surface area contributed by atoms with Gasteiger partial charge in [-0.2, -0.15) is 0 Å². The highest BCUT2D eigenvalue weighted by molar-refractivity contribution is 9.10. The highest BCUT2D eigenvalue weighted by Gasteiger charge is 2.37. The standard InChI is InChI=1S/C14H12BrF2N3O/c15-10-7-18-6-9-2-3-11(19-12(9)10)13(21)20-5-1-4-14(16,17)8-20/h2-3,6-7H,1,4-5,8H2. The largest absolute Gasteiger partial charge is 0.331 e. The van der Waals surface area contributed by atoms with Gasteiger partial charge in [0.2, 0.25) is 0 Å². The molecule has 4 nitrogen and oxygen atoms in total. The van der Waals surface area contributed by atoms with Crippen LogP contribution in [0.4, 0.5) is 8.78 Å². The third-order valence-electron chi connectivity index (χ3n) is 3.45. The molecule has 1 fully saturated rings. The minimum Gasteiger partial charge on any atom is -0.331 e. The first-order valence-corrected chi connectivity index (χ1v) is 7.33. The Balaban J connectivity index is 1.93. The number of fused-ring (bicyclic) bond motifs is 1. The van der Waals surface area contributed by atoms with Crippen molar-refractivity contribution in [1.29, 1.82) is 0 Å². The molecular formula is C14H12BrF2N3O. The van der Waals surface area contributed by atoms with E-state index < -0.39 is 18.4 Å². The van der Waals surface area contributed by atoms with E-state index in [1.54, 1.807) is 24.5 Å². The molecule has 0 N–H and O–H groups in total. The summed E-state index contributed by atoms with van der Waals surface area (Å²) in [5.41, 5.74) is 0.770. The first kappa shape index (κ1) is 14.3. The van der Waals surface area contributed by atoms with Crippen LogP contribution in [0.5, 0.6) is 0 Å². The molecule has 0 aliphatic carbocycles. The van der Waals surface area contributed by atoms with E-state index in [4.69, 9.17) is 0 Å². The summed E-state index contributed by atoms with van der Waals surface area (Å²) in [7, 11) is 0. The number of hydrogen-bond donors (Lipinski definition) is 0. The molecule has 1 amide bonds. The Hall–Kier alpha value is -1.63. The summed E-state index contributed by atoms with van der Waals surface area (Å²) in [6.45, 7) is -0.200. The molecule has 1 aliphatic heterocycles. The predicted molar refractivity (Wildman–Crippen MR) is 77.3 cm³/mol. The molecule has 1 saturated heterocycles. The second-order valence-electron chi connectivity index (χ2n) is 5.08. The fourth-order valence-electron chi connectivity index (χ4n) is 2.43. The number of pyridine rings is 2. The molecule has 110 valence electrons. The number of hydrogen-bond acceptors (Lipinski definition) is 3. The molecule has 3 rings (SSSR count). The van der Waals surface area contributed by atoms with Crippen LogP contribution in [0.25, 0.3) is 10.9 Å². The summed E-state index contributed by atoms with van der Waals surface area (Å²) in [5.74, 6) is -3.27. The minimum absolute atomic E-state index is 0.168. The number of halogens is 3. The maximum Gasteiger partial charge on any atom is 0.272 e. The molecule has 0 bridgehead atoms. The third kappa shape index (κ3) is 2.88. The van der Waals surface area contributed by atoms with E-state index in [1.807, 2.05) is 0 Å². The van der Waals surface area contributed by atoms with Crippen molar-refractivity contribution in [3.8, 4) is 0 Å². The second-order valence-corrected chi connectivity index (χ2v) is 5.93. The molecule has 0 unspecified atom stereocenters. The van der Waals surface area contributed by atoms with Gasteiger partial charge in [0.25, 0.3) is 11.8 Å². The number of carbonyl (C=O) groups is 1. The molecule has 0 aromatic carbocycles. The lowest BCUT2D eigenvalue weighted by molar-refractivity contribution is -0.0561. The Morgan fingerprint density at radius 2 is 2.14 bits per heavy atom. The van der Waals surface area contributed by atoms with Crippen LogP contribution in [0.3, 0.4) is 0 Å². The van der Waals surface area contributed by atoms with Crippen LogP contribution in [-0.2, 0) is 0 Å². The molecule has 0 saturated carbocycles. The van der Waals surface area contributed by atoms with Crippen molar-refractivity contribution < 1.29 is 13.6 Å². The van der Waals surface area contributed by atoms with Crippen molar-refractivity contribution >= 4 is 32.7 Å². The lowest BCUT2D eigenvalue weighted by Crippen LogP contribution is -2.45. The highest BCUT2D eigenvalue weighted by Crippen LogP contribution is 2.28. The molecule has 7 heteroatoms. The summed E-state index contributed by atoms with van der Waals surface area (Å²) in [5, 5.41) is 0.782. The normalized spacial score (nSPS) is 18.0. The number of nitrogens with zero attached hydrogens (tertiary/aromatic N) is 3. The van der Waals surface area contributed by atoms with Crippen molar-refractivity contribution in [3.05, 3.63) is 34.7 Å². The average Bonchev–Trinajstić information content (AvgIpc) is 2.45. The van der Waals surface area contributed by atoms with Crippen LogP contribution in [0.15, 0.2) is 29.0 Å². The SMILES string of the molecule is O=C(c1ccc2cncc(Br)c2n1)N1CCCC(F)(F)C1. The van der Waals surface area contributed by atoms with E-state index in [9.17, 15) is 13.6 Å². The lowest BCUT2D eigenvalue weighted by Gasteiger charge is -2.32. The lowest BCUT2D eigenvalue weighted by atomic mass is 10.1. The Morgan fingerprint density at radius 1 is 1.33 bits per heavy atom. The van der Waals surface area contributed by atoms with Gasteiger partial charge in [-0.3, -0.25) is 9.78 Å². The topological polar surface area (TPSA) is 46.1 Å². The molecule has 2 aromatic rings. The second kappa shape index (κ2) is 5.29. The van der Waals surface area contributed by atoms with E-state index in [0.29, 0.717) is 23.0 Å². The smallest absolute Gasteiger partial charge is 0.272 e. The number of aromatic nitrogens is 2. The quantitative estimate of drug-likeness (QED) is 0.788. The zero-order valence-corrected chi connectivity index (χ0v) is 12.6. The molecular weight excluding hydrogens is 344 g/mol. The summed E-state index contributed by atoms with van der Waals surface area (Å²) in [6, 6.07) is 3.26. The van der Waals surface area contributed by atoms with E-state index in [0.717, 1.165) is 5.39 Å². The molecule has 21 heavy (non-hydrogen) atoms. The van der Waals surface area contributed by atoms with Crippen molar-refractivity contribution in [2.24, 2.45) is 0 Å². The molecule has 0 atom stereocenters. The Bertz CT molecular complexity index is 708. The van der Waals surface area contributed by atoms with E-state index >= 15 is 0 Å². The van der Waals surface area contributed by atoms with Crippen LogP contribution in [0, 0.1) is 0 Å². The van der Waals surface area contributed by atoms with E-state index in [2.05, 4.69) is 25.9 Å². The first-order chi connectivity index (χ1) is 9.96. The van der Waals surface area contributed by atoms with Crippen LogP contribution < -0.4 is 0 Å². The molecule has 0 radical (unpaired) electrons. The monoisotopic (exact) mass is 355 g/mol. The van der Waals surface area contributed by atoms with Crippen molar-refractivity contribution in [3.63, 3.8) is 0 Å². The van der Waals surface area contributed by atoms with Gasteiger partial charge >= 0.3 is 0 Å². The number of piperidine rings is 1. The first-order valence-electron chi connectivity index (χ1n) is 6.54. The maximum atomic E-state index is 13.4. The maximum absolute atomic E-state index is 13.4. The van der Waals surface area contributed by atoms with Crippen LogP contribution in [-0.4, -0.2) is 39.8 Å². The predicted octanol–water partition coefficient (Wildman–Crippen LogP) is 3.26. The fourth-order valence-corrected chi connectivity index (χ4v) is 2.87. The number of amides is 1. The van der Waals surface area contributed by atoms with Gasteiger partial charge < -0.3 is 4.90 Å². The summed E-state index contributed by atoms with van der Waals surface area (Å²) < 4.78 is 27.5. The van der Waals surface area contributed by atoms with E-state index in [-0.39, 0.29) is 12.1 Å².